The lowest BCUT2D eigenvalue weighted by molar-refractivity contribution is -0.114. The molecule has 0 fully saturated rings. The van der Waals surface area contributed by atoms with E-state index in [1.54, 1.807) is 18.4 Å². The molecule has 8 heteroatoms. The van der Waals surface area contributed by atoms with E-state index in [1.165, 1.54) is 36.7 Å². The molecule has 0 aliphatic rings. The number of nitrogens with one attached hydrogen (secondary N) is 1. The van der Waals surface area contributed by atoms with Crippen molar-refractivity contribution in [1.82, 2.24) is 9.71 Å². The van der Waals surface area contributed by atoms with Crippen molar-refractivity contribution < 1.29 is 17.9 Å². The molecule has 23 heavy (non-hydrogen) atoms. The maximum atomic E-state index is 12.2. The third kappa shape index (κ3) is 4.40. The molecule has 0 bridgehead atoms. The summed E-state index contributed by atoms with van der Waals surface area (Å²) < 4.78 is 31.5. The number of nitrogens with zero attached hydrogens (tertiary/aromatic N) is 1. The van der Waals surface area contributed by atoms with Crippen LogP contribution in [0.1, 0.15) is 16.3 Å². The fourth-order valence-corrected chi connectivity index (χ4v) is 3.47. The van der Waals surface area contributed by atoms with Gasteiger partial charge < -0.3 is 4.74 Å². The standard InChI is InChI=1S/C15H16N2O4S2/c1-10-8-13(5-6-14(10)21-3)23(19,20)17-15(18)7-4-12-9-22-11(2)16-12/h4-9H,1-3H3,(H,17,18)/b7-4+. The van der Waals surface area contributed by atoms with Crippen LogP contribution in [0, 0.1) is 13.8 Å². The molecule has 0 aliphatic heterocycles. The minimum Gasteiger partial charge on any atom is -0.496 e. The molecular formula is C15H16N2O4S2. The molecule has 0 spiro atoms. The third-order valence-electron chi connectivity index (χ3n) is 2.95. The number of hydrogen-bond donors (Lipinski definition) is 1. The summed E-state index contributed by atoms with van der Waals surface area (Å²) in [6.07, 6.45) is 2.61. The lowest BCUT2D eigenvalue weighted by atomic mass is 10.2. The Morgan fingerprint density at radius 3 is 2.65 bits per heavy atom. The van der Waals surface area contributed by atoms with Crippen LogP contribution in [0.25, 0.3) is 6.08 Å². The van der Waals surface area contributed by atoms with Gasteiger partial charge in [0, 0.05) is 11.5 Å². The predicted octanol–water partition coefficient (Wildman–Crippen LogP) is 2.29. The number of sulfonamides is 1. The zero-order chi connectivity index (χ0) is 17.0. The van der Waals surface area contributed by atoms with Crippen LogP contribution in [-0.4, -0.2) is 26.4 Å². The van der Waals surface area contributed by atoms with Gasteiger partial charge in [-0.25, -0.2) is 18.1 Å². The number of carbonyl (C=O) groups excluding carboxylic acids is 1. The van der Waals surface area contributed by atoms with Gasteiger partial charge >= 0.3 is 0 Å². The molecule has 1 heterocycles. The Hall–Kier alpha value is -2.19. The molecule has 1 N–H and O–H groups in total. The Kier molecular flexibility index (Phi) is 5.17. The molecule has 0 radical (unpaired) electrons. The largest absolute Gasteiger partial charge is 0.496 e. The molecule has 122 valence electrons. The Morgan fingerprint density at radius 2 is 2.09 bits per heavy atom. The minimum absolute atomic E-state index is 0.00190. The highest BCUT2D eigenvalue weighted by Crippen LogP contribution is 2.21. The van der Waals surface area contributed by atoms with Crippen LogP contribution < -0.4 is 9.46 Å². The summed E-state index contributed by atoms with van der Waals surface area (Å²) in [6.45, 7) is 3.57. The van der Waals surface area contributed by atoms with E-state index < -0.39 is 15.9 Å². The van der Waals surface area contributed by atoms with Gasteiger partial charge in [0.15, 0.2) is 0 Å². The number of hydrogen-bond acceptors (Lipinski definition) is 6. The highest BCUT2D eigenvalue weighted by atomic mass is 32.2. The van der Waals surface area contributed by atoms with E-state index in [-0.39, 0.29) is 4.90 Å². The first-order valence-corrected chi connectivity index (χ1v) is 9.00. The van der Waals surface area contributed by atoms with E-state index in [2.05, 4.69) is 4.98 Å². The van der Waals surface area contributed by atoms with Crippen LogP contribution in [0.2, 0.25) is 0 Å². The summed E-state index contributed by atoms with van der Waals surface area (Å²) in [4.78, 5) is 16.0. The molecule has 0 aliphatic carbocycles. The number of thiazole rings is 1. The smallest absolute Gasteiger partial charge is 0.264 e. The number of ether oxygens (including phenoxy) is 1. The fourth-order valence-electron chi connectivity index (χ4n) is 1.86. The molecule has 0 saturated heterocycles. The van der Waals surface area contributed by atoms with E-state index in [1.807, 2.05) is 11.6 Å². The maximum Gasteiger partial charge on any atom is 0.264 e. The summed E-state index contributed by atoms with van der Waals surface area (Å²) in [5.74, 6) is -0.154. The zero-order valence-corrected chi connectivity index (χ0v) is 14.5. The first-order chi connectivity index (χ1) is 10.8. The molecule has 1 aromatic heterocycles. The highest BCUT2D eigenvalue weighted by Gasteiger charge is 2.17. The summed E-state index contributed by atoms with van der Waals surface area (Å²) in [6, 6.07) is 4.37. The van der Waals surface area contributed by atoms with E-state index in [0.717, 1.165) is 11.1 Å². The van der Waals surface area contributed by atoms with Crippen molar-refractivity contribution in [3.63, 3.8) is 0 Å². The third-order valence-corrected chi connectivity index (χ3v) is 5.09. The Bertz CT molecular complexity index is 854. The number of aromatic nitrogens is 1. The van der Waals surface area contributed by atoms with Crippen molar-refractivity contribution in [3.8, 4) is 5.75 Å². The van der Waals surface area contributed by atoms with E-state index >= 15 is 0 Å². The van der Waals surface area contributed by atoms with Crippen molar-refractivity contribution in [2.45, 2.75) is 18.7 Å². The Labute approximate surface area is 138 Å². The number of benzene rings is 1. The maximum absolute atomic E-state index is 12.2. The Balaban J connectivity index is 2.12. The molecule has 0 atom stereocenters. The first kappa shape index (κ1) is 17.2. The van der Waals surface area contributed by atoms with E-state index in [9.17, 15) is 13.2 Å². The molecule has 1 aromatic carbocycles. The van der Waals surface area contributed by atoms with Crippen LogP contribution in [0.3, 0.4) is 0 Å². The van der Waals surface area contributed by atoms with E-state index in [4.69, 9.17) is 4.74 Å². The van der Waals surface area contributed by atoms with Crippen molar-refractivity contribution in [3.05, 3.63) is 45.9 Å². The van der Waals surface area contributed by atoms with Crippen LogP contribution >= 0.6 is 11.3 Å². The predicted molar refractivity (Wildman–Crippen MR) is 88.9 cm³/mol. The number of amides is 1. The second kappa shape index (κ2) is 6.93. The van der Waals surface area contributed by atoms with Gasteiger partial charge in [-0.15, -0.1) is 11.3 Å². The van der Waals surface area contributed by atoms with Gasteiger partial charge in [-0.05, 0) is 43.7 Å². The number of carbonyl (C=O) groups is 1. The van der Waals surface area contributed by atoms with Gasteiger partial charge in [0.1, 0.15) is 5.75 Å². The highest BCUT2D eigenvalue weighted by molar-refractivity contribution is 7.90. The lowest BCUT2D eigenvalue weighted by Gasteiger charge is -2.08. The van der Waals surface area contributed by atoms with Crippen molar-refractivity contribution in [1.29, 1.82) is 0 Å². The molecular weight excluding hydrogens is 336 g/mol. The SMILES string of the molecule is COc1ccc(S(=O)(=O)NC(=O)/C=C/c2csc(C)n2)cc1C. The van der Waals surface area contributed by atoms with Crippen LogP contribution in [0.5, 0.6) is 5.75 Å². The van der Waals surface area contributed by atoms with Crippen LogP contribution in [0.4, 0.5) is 0 Å². The van der Waals surface area contributed by atoms with Crippen molar-refractivity contribution in [2.75, 3.05) is 7.11 Å². The molecule has 6 nitrogen and oxygen atoms in total. The molecule has 2 rings (SSSR count). The zero-order valence-electron chi connectivity index (χ0n) is 12.9. The molecule has 0 unspecified atom stereocenters. The molecule has 2 aromatic rings. The first-order valence-electron chi connectivity index (χ1n) is 6.63. The second-order valence-corrected chi connectivity index (χ2v) is 7.47. The normalized spacial score (nSPS) is 11.6. The van der Waals surface area contributed by atoms with E-state index in [0.29, 0.717) is 17.0 Å². The van der Waals surface area contributed by atoms with Gasteiger partial charge in [0.2, 0.25) is 0 Å². The van der Waals surface area contributed by atoms with Crippen molar-refractivity contribution in [2.24, 2.45) is 0 Å². The number of aryl methyl sites for hydroxylation is 2. The fraction of sp³-hybridized carbons (Fsp3) is 0.200. The molecule has 1 amide bonds. The van der Waals surface area contributed by atoms with Gasteiger partial charge in [-0.2, -0.15) is 0 Å². The summed E-state index contributed by atoms with van der Waals surface area (Å²) in [7, 11) is -2.43. The minimum atomic E-state index is -3.93. The van der Waals surface area contributed by atoms with Gasteiger partial charge in [-0.3, -0.25) is 4.79 Å². The number of methoxy groups -OCH3 is 1. The van der Waals surface area contributed by atoms with Gasteiger partial charge in [-0.1, -0.05) is 0 Å². The topological polar surface area (TPSA) is 85.4 Å². The monoisotopic (exact) mass is 352 g/mol. The number of rotatable bonds is 5. The average Bonchev–Trinajstić information content (AvgIpc) is 2.90. The summed E-state index contributed by atoms with van der Waals surface area (Å²) >= 11 is 1.45. The lowest BCUT2D eigenvalue weighted by Crippen LogP contribution is -2.29. The van der Waals surface area contributed by atoms with Gasteiger partial charge in [0.25, 0.3) is 15.9 Å². The van der Waals surface area contributed by atoms with Crippen LogP contribution in [0.15, 0.2) is 34.6 Å². The Morgan fingerprint density at radius 1 is 1.35 bits per heavy atom. The van der Waals surface area contributed by atoms with Crippen LogP contribution in [-0.2, 0) is 14.8 Å². The summed E-state index contributed by atoms with van der Waals surface area (Å²) in [5.41, 5.74) is 1.27. The van der Waals surface area contributed by atoms with Gasteiger partial charge in [0.05, 0.1) is 22.7 Å². The van der Waals surface area contributed by atoms with Crippen molar-refractivity contribution >= 4 is 33.3 Å². The summed E-state index contributed by atoms with van der Waals surface area (Å²) in [5, 5.41) is 2.65. The average molecular weight is 352 g/mol. The molecule has 0 saturated carbocycles. The quantitative estimate of drug-likeness (QED) is 0.835. The second-order valence-electron chi connectivity index (χ2n) is 4.73.